The fraction of sp³-hybridized carbons (Fsp3) is 0.364. The molecule has 1 unspecified atom stereocenters. The Bertz CT molecular complexity index is 863. The summed E-state index contributed by atoms with van der Waals surface area (Å²) in [4.78, 5) is 24.9. The number of benzene rings is 2. The van der Waals surface area contributed by atoms with Crippen molar-refractivity contribution >= 4 is 17.5 Å². The van der Waals surface area contributed by atoms with Crippen LogP contribution in [0.25, 0.3) is 0 Å². The first-order chi connectivity index (χ1) is 13.4. The van der Waals surface area contributed by atoms with E-state index in [2.05, 4.69) is 10.6 Å². The molecule has 2 N–H and O–H groups in total. The van der Waals surface area contributed by atoms with E-state index in [1.807, 2.05) is 0 Å². The van der Waals surface area contributed by atoms with Crippen molar-refractivity contribution in [3.8, 4) is 0 Å². The second kappa shape index (κ2) is 8.95. The van der Waals surface area contributed by atoms with Crippen LogP contribution in [0.3, 0.4) is 0 Å². The van der Waals surface area contributed by atoms with E-state index < -0.39 is 23.6 Å². The van der Waals surface area contributed by atoms with E-state index in [4.69, 9.17) is 0 Å². The van der Waals surface area contributed by atoms with Crippen molar-refractivity contribution in [3.05, 3.63) is 65.2 Å². The van der Waals surface area contributed by atoms with Gasteiger partial charge >= 0.3 is 0 Å². The van der Waals surface area contributed by atoms with Crippen LogP contribution in [0.5, 0.6) is 0 Å². The molecule has 2 aromatic carbocycles. The third-order valence-corrected chi connectivity index (χ3v) is 5.14. The summed E-state index contributed by atoms with van der Waals surface area (Å²) in [5, 5.41) is 5.59. The fourth-order valence-electron chi connectivity index (χ4n) is 3.56. The van der Waals surface area contributed by atoms with E-state index in [0.717, 1.165) is 37.8 Å². The van der Waals surface area contributed by atoms with Gasteiger partial charge in [0.2, 0.25) is 5.91 Å². The van der Waals surface area contributed by atoms with Gasteiger partial charge in [-0.2, -0.15) is 0 Å². The maximum absolute atomic E-state index is 13.9. The van der Waals surface area contributed by atoms with Crippen molar-refractivity contribution in [2.45, 2.75) is 45.1 Å². The number of rotatable bonds is 5. The Morgan fingerprint density at radius 1 is 1.04 bits per heavy atom. The quantitative estimate of drug-likeness (QED) is 0.762. The van der Waals surface area contributed by atoms with E-state index in [9.17, 15) is 18.4 Å². The number of amides is 2. The molecular weight excluding hydrogens is 362 g/mol. The number of hydrogen-bond acceptors (Lipinski definition) is 2. The molecule has 0 aromatic heterocycles. The molecule has 0 saturated heterocycles. The molecule has 1 atom stereocenters. The van der Waals surface area contributed by atoms with Gasteiger partial charge in [-0.05, 0) is 44.0 Å². The fourth-order valence-corrected chi connectivity index (χ4v) is 3.56. The Kier molecular flexibility index (Phi) is 6.39. The highest BCUT2D eigenvalue weighted by molar-refractivity contribution is 5.97. The van der Waals surface area contributed by atoms with Gasteiger partial charge in [0, 0.05) is 28.8 Å². The lowest BCUT2D eigenvalue weighted by Crippen LogP contribution is -2.28. The van der Waals surface area contributed by atoms with Crippen molar-refractivity contribution in [1.29, 1.82) is 0 Å². The number of nitrogens with one attached hydrogen (secondary N) is 2. The lowest BCUT2D eigenvalue weighted by molar-refractivity contribution is -0.120. The highest BCUT2D eigenvalue weighted by Gasteiger charge is 2.21. The van der Waals surface area contributed by atoms with E-state index in [1.165, 1.54) is 12.5 Å². The number of anilines is 1. The van der Waals surface area contributed by atoms with Gasteiger partial charge in [-0.15, -0.1) is 0 Å². The highest BCUT2D eigenvalue weighted by atomic mass is 19.1. The molecule has 148 valence electrons. The maximum Gasteiger partial charge on any atom is 0.251 e. The van der Waals surface area contributed by atoms with Gasteiger partial charge in [0.25, 0.3) is 5.91 Å². The first-order valence-corrected chi connectivity index (χ1v) is 9.61. The molecule has 1 saturated carbocycles. The van der Waals surface area contributed by atoms with E-state index >= 15 is 0 Å². The van der Waals surface area contributed by atoms with E-state index in [1.54, 1.807) is 31.2 Å². The molecule has 0 bridgehead atoms. The normalized spacial score (nSPS) is 15.7. The maximum atomic E-state index is 13.9. The third kappa shape index (κ3) is 4.94. The van der Waals surface area contributed by atoms with Crippen LogP contribution < -0.4 is 10.6 Å². The molecule has 0 heterocycles. The van der Waals surface area contributed by atoms with Crippen molar-refractivity contribution in [1.82, 2.24) is 5.32 Å². The lowest BCUT2D eigenvalue weighted by Gasteiger charge is -2.21. The summed E-state index contributed by atoms with van der Waals surface area (Å²) >= 11 is 0. The summed E-state index contributed by atoms with van der Waals surface area (Å²) < 4.78 is 27.0. The number of halogens is 2. The minimum atomic E-state index is -0.707. The zero-order valence-electron chi connectivity index (χ0n) is 15.8. The smallest absolute Gasteiger partial charge is 0.251 e. The molecule has 2 amide bonds. The Morgan fingerprint density at radius 2 is 1.79 bits per heavy atom. The first-order valence-electron chi connectivity index (χ1n) is 9.61. The van der Waals surface area contributed by atoms with Crippen molar-refractivity contribution < 1.29 is 18.4 Å². The van der Waals surface area contributed by atoms with Crippen LogP contribution in [-0.2, 0) is 4.79 Å². The molecule has 0 radical (unpaired) electrons. The molecule has 0 aliphatic heterocycles. The Labute approximate surface area is 163 Å². The van der Waals surface area contributed by atoms with Crippen LogP contribution in [-0.4, -0.2) is 11.8 Å². The second-order valence-electron chi connectivity index (χ2n) is 7.27. The molecule has 1 aliphatic carbocycles. The average Bonchev–Trinajstić information content (AvgIpc) is 2.68. The second-order valence-corrected chi connectivity index (χ2v) is 7.27. The van der Waals surface area contributed by atoms with Crippen molar-refractivity contribution in [2.75, 3.05) is 5.32 Å². The predicted octanol–water partition coefficient (Wildman–Crippen LogP) is 4.97. The van der Waals surface area contributed by atoms with Crippen LogP contribution in [0.2, 0.25) is 0 Å². The Hall–Kier alpha value is -2.76. The summed E-state index contributed by atoms with van der Waals surface area (Å²) in [6.45, 7) is 1.63. The lowest BCUT2D eigenvalue weighted by atomic mass is 9.88. The minimum absolute atomic E-state index is 0.0148. The van der Waals surface area contributed by atoms with E-state index in [0.29, 0.717) is 11.3 Å². The van der Waals surface area contributed by atoms with Gasteiger partial charge in [-0.25, -0.2) is 8.78 Å². The zero-order chi connectivity index (χ0) is 20.1. The van der Waals surface area contributed by atoms with Gasteiger partial charge in [0.15, 0.2) is 0 Å². The molecule has 2 aromatic rings. The summed E-state index contributed by atoms with van der Waals surface area (Å²) in [5.74, 6) is -1.76. The molecule has 6 heteroatoms. The highest BCUT2D eigenvalue weighted by Crippen LogP contribution is 2.25. The van der Waals surface area contributed by atoms with Gasteiger partial charge in [-0.1, -0.05) is 31.4 Å². The van der Waals surface area contributed by atoms with Crippen LogP contribution in [0.15, 0.2) is 42.5 Å². The number of carbonyl (C=O) groups excluding carboxylic acids is 2. The summed E-state index contributed by atoms with van der Waals surface area (Å²) in [5.41, 5.74) is 1.12. The molecular formula is C22H24F2N2O2. The number of carbonyl (C=O) groups is 2. The number of hydrogen-bond donors (Lipinski definition) is 2. The molecule has 28 heavy (non-hydrogen) atoms. The van der Waals surface area contributed by atoms with Crippen LogP contribution in [0.1, 0.15) is 61.0 Å². The zero-order valence-corrected chi connectivity index (χ0v) is 15.8. The Balaban J connectivity index is 1.65. The molecule has 3 rings (SSSR count). The summed E-state index contributed by atoms with van der Waals surface area (Å²) in [6.07, 6.45) is 5.10. The van der Waals surface area contributed by atoms with Crippen LogP contribution >= 0.6 is 0 Å². The van der Waals surface area contributed by atoms with Crippen LogP contribution in [0.4, 0.5) is 14.5 Å². The average molecular weight is 386 g/mol. The Morgan fingerprint density at radius 3 is 2.50 bits per heavy atom. The topological polar surface area (TPSA) is 58.2 Å². The van der Waals surface area contributed by atoms with Gasteiger partial charge in [-0.3, -0.25) is 9.59 Å². The van der Waals surface area contributed by atoms with Gasteiger partial charge in [0.05, 0.1) is 6.04 Å². The van der Waals surface area contributed by atoms with Crippen molar-refractivity contribution in [3.63, 3.8) is 0 Å². The van der Waals surface area contributed by atoms with E-state index in [-0.39, 0.29) is 17.4 Å². The summed E-state index contributed by atoms with van der Waals surface area (Å²) in [6, 6.07) is 9.28. The largest absolute Gasteiger partial charge is 0.345 e. The minimum Gasteiger partial charge on any atom is -0.345 e. The summed E-state index contributed by atoms with van der Waals surface area (Å²) in [7, 11) is 0. The van der Waals surface area contributed by atoms with Gasteiger partial charge < -0.3 is 10.6 Å². The third-order valence-electron chi connectivity index (χ3n) is 5.14. The standard InChI is InChI=1S/C22H24F2N2O2/c1-14(19-11-10-17(23)13-20(19)24)25-22(28)16-8-5-9-18(12-16)26-21(27)15-6-3-2-4-7-15/h5,8-15H,2-4,6-7H2,1H3,(H,25,28)(H,26,27). The molecule has 1 fully saturated rings. The first kappa shape index (κ1) is 20.0. The SMILES string of the molecule is CC(NC(=O)c1cccc(NC(=O)C2CCCCC2)c1)c1ccc(F)cc1F. The predicted molar refractivity (Wildman–Crippen MR) is 104 cm³/mol. The molecule has 0 spiro atoms. The monoisotopic (exact) mass is 386 g/mol. The van der Waals surface area contributed by atoms with Crippen molar-refractivity contribution in [2.24, 2.45) is 5.92 Å². The molecule has 1 aliphatic rings. The van der Waals surface area contributed by atoms with Crippen LogP contribution in [0, 0.1) is 17.6 Å². The van der Waals surface area contributed by atoms with Gasteiger partial charge in [0.1, 0.15) is 11.6 Å². The molecule has 4 nitrogen and oxygen atoms in total.